The molecule has 1 heterocycles. The normalized spacial score (nSPS) is 23.9. The molecule has 1 N–H and O–H groups in total. The van der Waals surface area contributed by atoms with Crippen LogP contribution in [0.15, 0.2) is 24.3 Å². The molecule has 0 aromatic heterocycles. The highest BCUT2D eigenvalue weighted by Gasteiger charge is 2.39. The van der Waals surface area contributed by atoms with E-state index in [-0.39, 0.29) is 18.6 Å². The first kappa shape index (κ1) is 13.2. The second-order valence-electron chi connectivity index (χ2n) is 4.07. The third kappa shape index (κ3) is 2.13. The summed E-state index contributed by atoms with van der Waals surface area (Å²) in [5.41, 5.74) is 0.745. The van der Waals surface area contributed by atoms with E-state index >= 15 is 0 Å². The number of carbonyl (C=O) groups excluding carboxylic acids is 1. The van der Waals surface area contributed by atoms with Crippen molar-refractivity contribution in [2.75, 3.05) is 13.1 Å². The van der Waals surface area contributed by atoms with Crippen LogP contribution in [0.5, 0.6) is 0 Å². The van der Waals surface area contributed by atoms with Gasteiger partial charge in [-0.2, -0.15) is 0 Å². The molecule has 0 aliphatic carbocycles. The molecule has 88 valence electrons. The van der Waals surface area contributed by atoms with E-state index in [1.165, 1.54) is 0 Å². The van der Waals surface area contributed by atoms with E-state index in [2.05, 4.69) is 5.32 Å². The largest absolute Gasteiger partial charge is 0.315 e. The Morgan fingerprint density at radius 3 is 2.44 bits per heavy atom. The van der Waals surface area contributed by atoms with Crippen molar-refractivity contribution in [3.05, 3.63) is 34.9 Å². The summed E-state index contributed by atoms with van der Waals surface area (Å²) >= 11 is 5.84. The van der Waals surface area contributed by atoms with Crippen LogP contribution in [0.2, 0.25) is 5.02 Å². The minimum atomic E-state index is -0.329. The van der Waals surface area contributed by atoms with Gasteiger partial charge >= 0.3 is 0 Å². The zero-order chi connectivity index (χ0) is 10.9. The summed E-state index contributed by atoms with van der Waals surface area (Å²) in [6.07, 6.45) is 0.879. The zero-order valence-electron chi connectivity index (χ0n) is 8.72. The highest BCUT2D eigenvalue weighted by molar-refractivity contribution is 6.30. The number of ketones is 1. The van der Waals surface area contributed by atoms with E-state index in [9.17, 15) is 4.79 Å². The monoisotopic (exact) mass is 239 g/mol. The Labute approximate surface area is 102 Å². The predicted octanol–water partition coefficient (Wildman–Crippen LogP) is 2.80. The van der Waals surface area contributed by atoms with E-state index in [0.29, 0.717) is 5.02 Å². The van der Waals surface area contributed by atoms with Crippen LogP contribution >= 0.6 is 11.6 Å². The number of Topliss-reactive ketones (excluding diaryl/α,β-unsaturated/α-hetero) is 1. The first-order valence-corrected chi connectivity index (χ1v) is 5.51. The number of rotatable bonds is 2. The van der Waals surface area contributed by atoms with Gasteiger partial charge in [0.1, 0.15) is 5.78 Å². The lowest BCUT2D eigenvalue weighted by atomic mass is 9.76. The van der Waals surface area contributed by atoms with Crippen LogP contribution in [0.25, 0.3) is 0 Å². The van der Waals surface area contributed by atoms with Gasteiger partial charge < -0.3 is 5.32 Å². The molecule has 1 atom stereocenters. The molecule has 1 fully saturated rings. The summed E-state index contributed by atoms with van der Waals surface area (Å²) in [6, 6.07) is 7.60. The van der Waals surface area contributed by atoms with Crippen molar-refractivity contribution in [3.8, 4) is 0 Å². The SMILES string of the molecule is C.CC(=O)C1(c2ccc(Cl)cc2)CCNC1. The fraction of sp³-hybridized carbons (Fsp3) is 0.462. The van der Waals surface area contributed by atoms with Crippen LogP contribution < -0.4 is 5.32 Å². The maximum absolute atomic E-state index is 11.8. The molecule has 1 aromatic carbocycles. The Morgan fingerprint density at radius 2 is 2.00 bits per heavy atom. The standard InChI is InChI=1S/C12H14ClNO.CH4/c1-9(15)12(6-7-14-8-12)10-2-4-11(13)5-3-10;/h2-5,14H,6-8H2,1H3;1H4. The van der Waals surface area contributed by atoms with Crippen molar-refractivity contribution in [3.63, 3.8) is 0 Å². The van der Waals surface area contributed by atoms with E-state index in [0.717, 1.165) is 25.1 Å². The second-order valence-corrected chi connectivity index (χ2v) is 4.51. The zero-order valence-corrected chi connectivity index (χ0v) is 9.47. The summed E-state index contributed by atoms with van der Waals surface area (Å²) < 4.78 is 0. The molecule has 0 bridgehead atoms. The lowest BCUT2D eigenvalue weighted by molar-refractivity contribution is -0.121. The van der Waals surface area contributed by atoms with Crippen LogP contribution in [-0.2, 0) is 10.2 Å². The summed E-state index contributed by atoms with van der Waals surface area (Å²) in [6.45, 7) is 3.31. The van der Waals surface area contributed by atoms with Crippen molar-refractivity contribution in [1.29, 1.82) is 0 Å². The van der Waals surface area contributed by atoms with Gasteiger partial charge in [0.15, 0.2) is 0 Å². The molecule has 0 radical (unpaired) electrons. The number of halogens is 1. The van der Waals surface area contributed by atoms with Crippen LogP contribution in [-0.4, -0.2) is 18.9 Å². The maximum Gasteiger partial charge on any atom is 0.141 e. The Morgan fingerprint density at radius 1 is 1.38 bits per heavy atom. The lowest BCUT2D eigenvalue weighted by Crippen LogP contribution is -2.36. The molecule has 1 aliphatic rings. The number of carbonyl (C=O) groups is 1. The summed E-state index contributed by atoms with van der Waals surface area (Å²) in [5.74, 6) is 0.231. The first-order valence-electron chi connectivity index (χ1n) is 5.13. The predicted molar refractivity (Wildman–Crippen MR) is 68.0 cm³/mol. The van der Waals surface area contributed by atoms with E-state index in [4.69, 9.17) is 11.6 Å². The highest BCUT2D eigenvalue weighted by atomic mass is 35.5. The molecule has 1 aromatic rings. The molecule has 0 amide bonds. The second kappa shape index (κ2) is 4.98. The van der Waals surface area contributed by atoms with E-state index in [1.807, 2.05) is 24.3 Å². The molecule has 2 rings (SSSR count). The number of benzene rings is 1. The number of hydrogen-bond donors (Lipinski definition) is 1. The van der Waals surface area contributed by atoms with Gasteiger partial charge in [-0.15, -0.1) is 0 Å². The fourth-order valence-corrected chi connectivity index (χ4v) is 2.34. The van der Waals surface area contributed by atoms with Gasteiger partial charge in [0, 0.05) is 11.6 Å². The maximum atomic E-state index is 11.8. The van der Waals surface area contributed by atoms with Crippen LogP contribution in [0, 0.1) is 0 Å². The minimum Gasteiger partial charge on any atom is -0.315 e. The molecule has 0 spiro atoms. The molecule has 1 unspecified atom stereocenters. The highest BCUT2D eigenvalue weighted by Crippen LogP contribution is 2.32. The Bertz CT molecular complexity index is 366. The molecule has 1 saturated heterocycles. The van der Waals surface area contributed by atoms with Crippen LogP contribution in [0.3, 0.4) is 0 Å². The number of hydrogen-bond acceptors (Lipinski definition) is 2. The third-order valence-electron chi connectivity index (χ3n) is 3.23. The molecular weight excluding hydrogens is 222 g/mol. The van der Waals surface area contributed by atoms with Crippen LogP contribution in [0.1, 0.15) is 26.3 Å². The summed E-state index contributed by atoms with van der Waals surface area (Å²) in [7, 11) is 0. The fourth-order valence-electron chi connectivity index (χ4n) is 2.21. The van der Waals surface area contributed by atoms with Gasteiger partial charge in [-0.05, 0) is 37.6 Å². The van der Waals surface area contributed by atoms with Gasteiger partial charge in [-0.3, -0.25) is 4.79 Å². The average molecular weight is 240 g/mol. The first-order chi connectivity index (χ1) is 7.15. The van der Waals surface area contributed by atoms with Crippen molar-refractivity contribution >= 4 is 17.4 Å². The minimum absolute atomic E-state index is 0. The molecule has 1 aliphatic heterocycles. The van der Waals surface area contributed by atoms with Crippen molar-refractivity contribution in [1.82, 2.24) is 5.32 Å². The molecule has 0 saturated carbocycles. The lowest BCUT2D eigenvalue weighted by Gasteiger charge is -2.25. The topological polar surface area (TPSA) is 29.1 Å². The van der Waals surface area contributed by atoms with E-state index in [1.54, 1.807) is 6.92 Å². The van der Waals surface area contributed by atoms with Gasteiger partial charge in [-0.1, -0.05) is 31.2 Å². The smallest absolute Gasteiger partial charge is 0.141 e. The molecule has 2 nitrogen and oxygen atoms in total. The van der Waals surface area contributed by atoms with Gasteiger partial charge in [0.2, 0.25) is 0 Å². The van der Waals surface area contributed by atoms with Gasteiger partial charge in [0.25, 0.3) is 0 Å². The molecule has 3 heteroatoms. The quantitative estimate of drug-likeness (QED) is 0.860. The number of nitrogens with one attached hydrogen (secondary N) is 1. The molecule has 16 heavy (non-hydrogen) atoms. The van der Waals surface area contributed by atoms with Crippen LogP contribution in [0.4, 0.5) is 0 Å². The Kier molecular flexibility index (Phi) is 4.11. The van der Waals surface area contributed by atoms with Gasteiger partial charge in [0.05, 0.1) is 5.41 Å². The third-order valence-corrected chi connectivity index (χ3v) is 3.48. The van der Waals surface area contributed by atoms with Crippen molar-refractivity contribution in [2.45, 2.75) is 26.2 Å². The van der Waals surface area contributed by atoms with Crippen molar-refractivity contribution in [2.24, 2.45) is 0 Å². The molecular formula is C13H18ClNO. The van der Waals surface area contributed by atoms with Gasteiger partial charge in [-0.25, -0.2) is 0 Å². The van der Waals surface area contributed by atoms with Crippen molar-refractivity contribution < 1.29 is 4.79 Å². The average Bonchev–Trinajstić information content (AvgIpc) is 2.69. The Hall–Kier alpha value is -0.860. The Balaban J connectivity index is 0.00000128. The van der Waals surface area contributed by atoms with E-state index < -0.39 is 0 Å². The summed E-state index contributed by atoms with van der Waals surface area (Å²) in [5, 5.41) is 3.97. The summed E-state index contributed by atoms with van der Waals surface area (Å²) in [4.78, 5) is 11.8.